The first-order chi connectivity index (χ1) is 17.5. The van der Waals surface area contributed by atoms with Crippen LogP contribution in [0.25, 0.3) is 10.9 Å². The molecule has 0 radical (unpaired) electrons. The second-order valence-corrected chi connectivity index (χ2v) is 9.37. The monoisotopic (exact) mass is 488 g/mol. The van der Waals surface area contributed by atoms with E-state index in [1.54, 1.807) is 7.11 Å². The molecule has 1 amide bonds. The average Bonchev–Trinajstić information content (AvgIpc) is 3.11. The van der Waals surface area contributed by atoms with E-state index >= 15 is 0 Å². The van der Waals surface area contributed by atoms with Gasteiger partial charge in [0.2, 0.25) is 0 Å². The number of aryl methyl sites for hydroxylation is 1. The molecule has 0 saturated carbocycles. The summed E-state index contributed by atoms with van der Waals surface area (Å²) >= 11 is 0. The van der Waals surface area contributed by atoms with Gasteiger partial charge in [-0.3, -0.25) is 4.79 Å². The normalized spacial score (nSPS) is 22.6. The molecule has 6 nitrogen and oxygen atoms in total. The van der Waals surface area contributed by atoms with Crippen LogP contribution in [0.15, 0.2) is 77.9 Å². The molecule has 6 heteroatoms. The number of ether oxygens (including phenoxy) is 1. The Hall–Kier alpha value is -3.25. The standard InChI is InChI=1S/C28H34N4O2.C2H6/c1-4-28(14-15-29-27(33)21-10-9-20-13-17-31(2)25(20)18-21)26-8-6-5-7-16-32(26)24-12-11-22(34-3)19-23(24)30-28;1-2/h5-6,8-10,12-13,17-19,22,30H,4,7,11,14-16H2,1-3H3,(H,29,33);1-2H3. The van der Waals surface area contributed by atoms with Crippen LogP contribution >= 0.6 is 0 Å². The number of aromatic nitrogens is 1. The number of allylic oxidation sites excluding steroid dienone is 2. The average molecular weight is 489 g/mol. The van der Waals surface area contributed by atoms with E-state index in [0.717, 1.165) is 48.8 Å². The minimum atomic E-state index is -0.261. The highest BCUT2D eigenvalue weighted by Gasteiger charge is 2.43. The number of carbonyl (C=O) groups excluding carboxylic acids is 1. The minimum Gasteiger partial charge on any atom is -0.377 e. The van der Waals surface area contributed by atoms with Crippen molar-refractivity contribution in [2.24, 2.45) is 7.05 Å². The molecule has 2 N–H and O–H groups in total. The van der Waals surface area contributed by atoms with Gasteiger partial charge >= 0.3 is 0 Å². The maximum Gasteiger partial charge on any atom is 0.251 e. The summed E-state index contributed by atoms with van der Waals surface area (Å²) in [6.07, 6.45) is 16.9. The van der Waals surface area contributed by atoms with Crippen molar-refractivity contribution in [2.75, 3.05) is 20.2 Å². The quantitative estimate of drug-likeness (QED) is 0.571. The van der Waals surface area contributed by atoms with E-state index in [1.807, 2.05) is 49.9 Å². The van der Waals surface area contributed by atoms with Crippen molar-refractivity contribution in [3.05, 3.63) is 83.5 Å². The molecule has 2 aliphatic heterocycles. The Morgan fingerprint density at radius 1 is 1.28 bits per heavy atom. The zero-order chi connectivity index (χ0) is 25.7. The van der Waals surface area contributed by atoms with E-state index in [0.29, 0.717) is 12.1 Å². The van der Waals surface area contributed by atoms with Gasteiger partial charge < -0.3 is 24.8 Å². The molecule has 36 heavy (non-hydrogen) atoms. The van der Waals surface area contributed by atoms with Crippen molar-refractivity contribution in [1.29, 1.82) is 0 Å². The molecule has 3 heterocycles. The molecule has 1 saturated heterocycles. The van der Waals surface area contributed by atoms with E-state index in [2.05, 4.69) is 58.9 Å². The third-order valence-electron chi connectivity index (χ3n) is 7.42. The number of fused-ring (bicyclic) bond motifs is 4. The van der Waals surface area contributed by atoms with Crippen LogP contribution in [0.1, 0.15) is 56.8 Å². The summed E-state index contributed by atoms with van der Waals surface area (Å²) in [6, 6.07) is 7.94. The Morgan fingerprint density at radius 3 is 2.89 bits per heavy atom. The van der Waals surface area contributed by atoms with Crippen LogP contribution in [0.3, 0.4) is 0 Å². The van der Waals surface area contributed by atoms with Crippen molar-refractivity contribution in [3.8, 4) is 0 Å². The number of benzene rings is 1. The number of amides is 1. The van der Waals surface area contributed by atoms with E-state index < -0.39 is 0 Å². The Kier molecular flexibility index (Phi) is 8.04. The molecule has 2 atom stereocenters. The third-order valence-corrected chi connectivity index (χ3v) is 7.42. The molecule has 2 unspecified atom stereocenters. The van der Waals surface area contributed by atoms with Crippen molar-refractivity contribution < 1.29 is 9.53 Å². The zero-order valence-electron chi connectivity index (χ0n) is 22.3. The van der Waals surface area contributed by atoms with Crippen molar-refractivity contribution in [1.82, 2.24) is 20.1 Å². The number of rotatable bonds is 6. The van der Waals surface area contributed by atoms with Gasteiger partial charge in [0.15, 0.2) is 0 Å². The Balaban J connectivity index is 0.00000148. The summed E-state index contributed by atoms with van der Waals surface area (Å²) < 4.78 is 7.67. The summed E-state index contributed by atoms with van der Waals surface area (Å²) in [7, 11) is 3.77. The van der Waals surface area contributed by atoms with Gasteiger partial charge in [0.05, 0.1) is 23.0 Å². The van der Waals surface area contributed by atoms with Crippen molar-refractivity contribution in [3.63, 3.8) is 0 Å². The molecule has 0 bridgehead atoms. The van der Waals surface area contributed by atoms with Crippen LogP contribution in [-0.2, 0) is 11.8 Å². The van der Waals surface area contributed by atoms with Gasteiger partial charge in [-0.15, -0.1) is 0 Å². The number of piperazine rings is 1. The predicted molar refractivity (Wildman–Crippen MR) is 148 cm³/mol. The van der Waals surface area contributed by atoms with Crippen molar-refractivity contribution >= 4 is 16.8 Å². The maximum absolute atomic E-state index is 13.0. The fourth-order valence-electron chi connectivity index (χ4n) is 5.39. The number of hydrogen-bond donors (Lipinski definition) is 2. The molecule has 0 spiro atoms. The first-order valence-electron chi connectivity index (χ1n) is 13.3. The van der Waals surface area contributed by atoms with Gasteiger partial charge in [0, 0.05) is 50.2 Å². The van der Waals surface area contributed by atoms with E-state index in [9.17, 15) is 4.79 Å². The van der Waals surface area contributed by atoms with Crippen LogP contribution in [0.4, 0.5) is 0 Å². The van der Waals surface area contributed by atoms with Gasteiger partial charge in [-0.1, -0.05) is 45.1 Å². The Labute approximate surface area is 215 Å². The fourth-order valence-corrected chi connectivity index (χ4v) is 5.39. The molecule has 3 aliphatic rings. The second-order valence-electron chi connectivity index (χ2n) is 9.37. The maximum atomic E-state index is 13.0. The predicted octanol–water partition coefficient (Wildman–Crippen LogP) is 5.41. The summed E-state index contributed by atoms with van der Waals surface area (Å²) in [6.45, 7) is 7.76. The molecule has 1 fully saturated rings. The third kappa shape index (κ3) is 4.87. The van der Waals surface area contributed by atoms with Gasteiger partial charge in [0.25, 0.3) is 5.91 Å². The Morgan fingerprint density at radius 2 is 2.11 bits per heavy atom. The van der Waals surface area contributed by atoms with Crippen LogP contribution in [0.2, 0.25) is 0 Å². The molecule has 5 rings (SSSR count). The number of carbonyl (C=O) groups is 1. The van der Waals surface area contributed by atoms with Gasteiger partial charge in [-0.05, 0) is 61.4 Å². The van der Waals surface area contributed by atoms with E-state index in [4.69, 9.17) is 4.74 Å². The minimum absolute atomic E-state index is 0.0336. The van der Waals surface area contributed by atoms with Crippen molar-refractivity contribution in [2.45, 2.75) is 58.1 Å². The lowest BCUT2D eigenvalue weighted by molar-refractivity contribution is 0.0948. The number of hydrogen-bond acceptors (Lipinski definition) is 4. The largest absolute Gasteiger partial charge is 0.377 e. The summed E-state index contributed by atoms with van der Waals surface area (Å²) in [5.41, 5.74) is 5.16. The summed E-state index contributed by atoms with van der Waals surface area (Å²) in [5, 5.41) is 8.18. The highest BCUT2D eigenvalue weighted by Crippen LogP contribution is 2.41. The lowest BCUT2D eigenvalue weighted by atomic mass is 9.82. The lowest BCUT2D eigenvalue weighted by Gasteiger charge is -2.50. The first kappa shape index (κ1) is 25.8. The molecular formula is C30H40N4O2. The van der Waals surface area contributed by atoms with E-state index in [1.165, 1.54) is 11.4 Å². The molecule has 192 valence electrons. The van der Waals surface area contributed by atoms with Gasteiger partial charge in [-0.25, -0.2) is 0 Å². The van der Waals surface area contributed by atoms with Gasteiger partial charge in [-0.2, -0.15) is 0 Å². The molecular weight excluding hydrogens is 448 g/mol. The highest BCUT2D eigenvalue weighted by molar-refractivity contribution is 5.98. The first-order valence-corrected chi connectivity index (χ1v) is 13.3. The van der Waals surface area contributed by atoms with Crippen LogP contribution in [-0.4, -0.2) is 47.2 Å². The van der Waals surface area contributed by atoms with Crippen LogP contribution in [0.5, 0.6) is 0 Å². The second kappa shape index (κ2) is 11.2. The molecule has 1 aliphatic carbocycles. The smallest absolute Gasteiger partial charge is 0.251 e. The highest BCUT2D eigenvalue weighted by atomic mass is 16.5. The topological polar surface area (TPSA) is 58.5 Å². The molecule has 1 aromatic carbocycles. The number of methoxy groups -OCH3 is 1. The van der Waals surface area contributed by atoms with Gasteiger partial charge in [0.1, 0.15) is 0 Å². The molecule has 2 aromatic rings. The van der Waals surface area contributed by atoms with Crippen LogP contribution in [0, 0.1) is 0 Å². The summed E-state index contributed by atoms with van der Waals surface area (Å²) in [5.74, 6) is -0.0336. The molecule has 1 aromatic heterocycles. The fraction of sp³-hybridized carbons (Fsp3) is 0.433. The Bertz CT molecular complexity index is 1220. The van der Waals surface area contributed by atoms with Crippen LogP contribution < -0.4 is 10.6 Å². The number of nitrogens with zero attached hydrogens (tertiary/aromatic N) is 2. The van der Waals surface area contributed by atoms with E-state index in [-0.39, 0.29) is 17.6 Å². The zero-order valence-corrected chi connectivity index (χ0v) is 22.3. The lowest BCUT2D eigenvalue weighted by Crippen LogP contribution is -2.57. The SMILES string of the molecule is CC.CCC1(CCNC(=O)c2ccc3ccn(C)c3c2)NC2=CC(OC)CC=C2N2CCC=CC=C21. The summed E-state index contributed by atoms with van der Waals surface area (Å²) in [4.78, 5) is 15.5. The number of nitrogens with one attached hydrogen (secondary N) is 2.